The van der Waals surface area contributed by atoms with Crippen molar-refractivity contribution >= 4 is 16.9 Å². The van der Waals surface area contributed by atoms with Gasteiger partial charge in [-0.2, -0.15) is 0 Å². The van der Waals surface area contributed by atoms with E-state index in [2.05, 4.69) is 19.9 Å². The molecular weight excluding hydrogens is 459 g/mol. The third kappa shape index (κ3) is 6.97. The van der Waals surface area contributed by atoms with Gasteiger partial charge in [-0.25, -0.2) is 14.4 Å². The fraction of sp³-hybridized carbons (Fsp3) is 0.500. The second kappa shape index (κ2) is 12.7. The summed E-state index contributed by atoms with van der Waals surface area (Å²) in [6.07, 6.45) is 8.94. The molecule has 8 heteroatoms. The number of piperidine rings is 1. The fourth-order valence-corrected chi connectivity index (χ4v) is 5.36. The molecule has 3 atom stereocenters. The van der Waals surface area contributed by atoms with Crippen LogP contribution in [0.25, 0.3) is 10.9 Å². The lowest BCUT2D eigenvalue weighted by Crippen LogP contribution is -2.41. The van der Waals surface area contributed by atoms with Gasteiger partial charge in [0.15, 0.2) is 0 Å². The van der Waals surface area contributed by atoms with E-state index in [1.54, 1.807) is 31.9 Å². The number of halogens is 1. The van der Waals surface area contributed by atoms with Crippen molar-refractivity contribution in [1.29, 1.82) is 0 Å². The number of rotatable bonds is 12. The fourth-order valence-electron chi connectivity index (χ4n) is 5.36. The van der Waals surface area contributed by atoms with Crippen LogP contribution in [0.5, 0.6) is 5.75 Å². The number of alkyl halides is 1. The average molecular weight is 495 g/mol. The molecule has 1 aromatic carbocycles. The maximum atomic E-state index is 15.5. The number of fused-ring (bicyclic) bond motifs is 1. The van der Waals surface area contributed by atoms with E-state index in [1.165, 1.54) is 0 Å². The van der Waals surface area contributed by atoms with Crippen LogP contribution in [-0.4, -0.2) is 57.7 Å². The first-order chi connectivity index (χ1) is 17.5. The van der Waals surface area contributed by atoms with Gasteiger partial charge < -0.3 is 14.7 Å². The largest absolute Gasteiger partial charge is 0.497 e. The zero-order chi connectivity index (χ0) is 25.3. The Balaban J connectivity index is 1.31. The smallest absolute Gasteiger partial charge is 0.303 e. The van der Waals surface area contributed by atoms with E-state index in [-0.39, 0.29) is 18.3 Å². The molecule has 1 fully saturated rings. The normalized spacial score (nSPS) is 19.3. The van der Waals surface area contributed by atoms with Crippen molar-refractivity contribution < 1.29 is 19.0 Å². The van der Waals surface area contributed by atoms with E-state index in [0.717, 1.165) is 61.9 Å². The summed E-state index contributed by atoms with van der Waals surface area (Å²) in [5.74, 6) is 0.147. The Hall–Kier alpha value is -3.13. The number of carboxylic acids is 1. The number of aromatic nitrogens is 3. The number of carbonyl (C=O) groups is 1. The van der Waals surface area contributed by atoms with Crippen LogP contribution in [0.15, 0.2) is 49.1 Å². The highest BCUT2D eigenvalue weighted by molar-refractivity contribution is 5.83. The molecule has 1 aliphatic heterocycles. The molecule has 1 saturated heterocycles. The zero-order valence-corrected chi connectivity index (χ0v) is 20.9. The van der Waals surface area contributed by atoms with Crippen LogP contribution in [0.3, 0.4) is 0 Å². The zero-order valence-electron chi connectivity index (χ0n) is 20.9. The van der Waals surface area contributed by atoms with Crippen molar-refractivity contribution in [2.45, 2.75) is 51.1 Å². The van der Waals surface area contributed by atoms with E-state index in [0.29, 0.717) is 24.2 Å². The minimum Gasteiger partial charge on any atom is -0.497 e. The van der Waals surface area contributed by atoms with Crippen LogP contribution in [0, 0.1) is 11.8 Å². The van der Waals surface area contributed by atoms with Crippen LogP contribution in [0.2, 0.25) is 0 Å². The van der Waals surface area contributed by atoms with Crippen molar-refractivity contribution in [2.75, 3.05) is 26.7 Å². The minimum absolute atomic E-state index is 0.0413. The molecule has 1 aliphatic rings. The van der Waals surface area contributed by atoms with Gasteiger partial charge in [0, 0.05) is 36.4 Å². The Kier molecular flexibility index (Phi) is 9.17. The summed E-state index contributed by atoms with van der Waals surface area (Å²) in [4.78, 5) is 26.5. The summed E-state index contributed by atoms with van der Waals surface area (Å²) >= 11 is 0. The standard InChI is InChI=1S/C28H35FN4O3/c1-36-23-6-8-27-25(17-23)24(10-13-31-27)26(29)7-5-20-11-15-33(18-21(20)16-28(34)35)14-3-2-4-22-9-12-30-19-32-22/h6,8-10,12-13,17,19-21,26H,2-5,7,11,14-16,18H2,1H3,(H,34,35)/t20-,21+,26-/m1/s1. The number of hydrogen-bond donors (Lipinski definition) is 1. The lowest BCUT2D eigenvalue weighted by Gasteiger charge is -2.38. The van der Waals surface area contributed by atoms with Crippen LogP contribution >= 0.6 is 0 Å². The second-order valence-corrected chi connectivity index (χ2v) is 9.69. The highest BCUT2D eigenvalue weighted by Crippen LogP contribution is 2.36. The Morgan fingerprint density at radius 1 is 1.19 bits per heavy atom. The quantitative estimate of drug-likeness (QED) is 0.344. The molecule has 0 bridgehead atoms. The molecule has 2 aromatic heterocycles. The van der Waals surface area contributed by atoms with Crippen LogP contribution < -0.4 is 4.74 Å². The SMILES string of the molecule is COc1ccc2nccc([C@H](F)CC[C@@H]3CCN(CCCCc4ccncn4)C[C@@H]3CC(=O)O)c2c1. The summed E-state index contributed by atoms with van der Waals surface area (Å²) in [6.45, 7) is 2.64. The number of unbranched alkanes of at least 4 members (excludes halogenated alkanes) is 1. The molecule has 4 rings (SSSR count). The van der Waals surface area contributed by atoms with Crippen molar-refractivity contribution in [2.24, 2.45) is 11.8 Å². The summed E-state index contributed by atoms with van der Waals surface area (Å²) in [7, 11) is 1.59. The van der Waals surface area contributed by atoms with Gasteiger partial charge in [0.25, 0.3) is 0 Å². The summed E-state index contributed by atoms with van der Waals surface area (Å²) < 4.78 is 20.8. The number of carboxylic acid groups (broad SMARTS) is 1. The number of aliphatic carboxylic acids is 1. The number of benzene rings is 1. The maximum Gasteiger partial charge on any atom is 0.303 e. The second-order valence-electron chi connectivity index (χ2n) is 9.69. The van der Waals surface area contributed by atoms with Crippen molar-refractivity contribution in [3.63, 3.8) is 0 Å². The van der Waals surface area contributed by atoms with Gasteiger partial charge in [-0.05, 0) is 99.3 Å². The molecule has 1 N–H and O–H groups in total. The molecule has 3 heterocycles. The molecule has 0 saturated carbocycles. The lowest BCUT2D eigenvalue weighted by molar-refractivity contribution is -0.139. The van der Waals surface area contributed by atoms with E-state index in [4.69, 9.17) is 4.74 Å². The molecule has 0 spiro atoms. The number of methoxy groups -OCH3 is 1. The first kappa shape index (κ1) is 25.9. The third-order valence-electron chi connectivity index (χ3n) is 7.32. The van der Waals surface area contributed by atoms with Crippen LogP contribution in [0.1, 0.15) is 56.0 Å². The number of pyridine rings is 1. The molecule has 36 heavy (non-hydrogen) atoms. The third-order valence-corrected chi connectivity index (χ3v) is 7.32. The van der Waals surface area contributed by atoms with Crippen molar-refractivity contribution in [1.82, 2.24) is 19.9 Å². The van der Waals surface area contributed by atoms with Crippen molar-refractivity contribution in [3.8, 4) is 5.75 Å². The predicted molar refractivity (Wildman–Crippen MR) is 137 cm³/mol. The van der Waals surface area contributed by atoms with E-state index < -0.39 is 12.1 Å². The first-order valence-corrected chi connectivity index (χ1v) is 12.8. The van der Waals surface area contributed by atoms with Gasteiger partial charge in [0.2, 0.25) is 0 Å². The van der Waals surface area contributed by atoms with Crippen LogP contribution in [0.4, 0.5) is 4.39 Å². The number of ether oxygens (including phenoxy) is 1. The Labute approximate surface area is 211 Å². The molecule has 0 amide bonds. The van der Waals surface area contributed by atoms with E-state index >= 15 is 4.39 Å². The molecule has 192 valence electrons. The molecule has 7 nitrogen and oxygen atoms in total. The summed E-state index contributed by atoms with van der Waals surface area (Å²) in [5, 5.41) is 10.3. The number of aryl methyl sites for hydroxylation is 1. The number of hydrogen-bond acceptors (Lipinski definition) is 6. The van der Waals surface area contributed by atoms with Gasteiger partial charge in [-0.15, -0.1) is 0 Å². The van der Waals surface area contributed by atoms with Crippen LogP contribution in [-0.2, 0) is 11.2 Å². The lowest BCUT2D eigenvalue weighted by atomic mass is 9.79. The highest BCUT2D eigenvalue weighted by Gasteiger charge is 2.31. The molecular formula is C28H35FN4O3. The topological polar surface area (TPSA) is 88.4 Å². The summed E-state index contributed by atoms with van der Waals surface area (Å²) in [6, 6.07) is 9.19. The summed E-state index contributed by atoms with van der Waals surface area (Å²) in [5.41, 5.74) is 2.41. The Morgan fingerprint density at radius 2 is 2.08 bits per heavy atom. The Bertz CT molecular complexity index is 1130. The van der Waals surface area contributed by atoms with Gasteiger partial charge >= 0.3 is 5.97 Å². The molecule has 3 aromatic rings. The average Bonchev–Trinajstić information content (AvgIpc) is 2.90. The number of nitrogens with zero attached hydrogens (tertiary/aromatic N) is 4. The minimum atomic E-state index is -1.13. The molecule has 0 unspecified atom stereocenters. The van der Waals surface area contributed by atoms with Gasteiger partial charge in [0.05, 0.1) is 12.6 Å². The van der Waals surface area contributed by atoms with E-state index in [9.17, 15) is 9.90 Å². The van der Waals surface area contributed by atoms with Gasteiger partial charge in [-0.1, -0.05) is 0 Å². The predicted octanol–water partition coefficient (Wildman–Crippen LogP) is 5.26. The monoisotopic (exact) mass is 494 g/mol. The van der Waals surface area contributed by atoms with Gasteiger partial charge in [0.1, 0.15) is 18.2 Å². The van der Waals surface area contributed by atoms with Gasteiger partial charge in [-0.3, -0.25) is 9.78 Å². The Morgan fingerprint density at radius 3 is 2.86 bits per heavy atom. The molecule has 0 radical (unpaired) electrons. The van der Waals surface area contributed by atoms with E-state index in [1.807, 2.05) is 24.3 Å². The first-order valence-electron chi connectivity index (χ1n) is 12.8. The van der Waals surface area contributed by atoms with Crippen molar-refractivity contribution in [3.05, 3.63) is 60.3 Å². The highest BCUT2D eigenvalue weighted by atomic mass is 19.1. The molecule has 0 aliphatic carbocycles. The number of likely N-dealkylation sites (tertiary alicyclic amines) is 1. The maximum absolute atomic E-state index is 15.5.